The van der Waals surface area contributed by atoms with Crippen LogP contribution in [-0.2, 0) is 16.0 Å². The number of nitrogens with zero attached hydrogens (tertiary/aromatic N) is 2. The molecule has 0 aliphatic carbocycles. The molecule has 2 aliphatic heterocycles. The van der Waals surface area contributed by atoms with Crippen molar-refractivity contribution in [2.45, 2.75) is 44.7 Å². The van der Waals surface area contributed by atoms with E-state index in [2.05, 4.69) is 18.4 Å². The highest BCUT2D eigenvalue weighted by atomic mass is 32.1. The van der Waals surface area contributed by atoms with E-state index in [0.717, 1.165) is 25.8 Å². The quantitative estimate of drug-likeness (QED) is 0.922. The molecule has 0 bridgehead atoms. The lowest BCUT2D eigenvalue weighted by Gasteiger charge is -2.36. The number of rotatable bonds is 4. The predicted octanol–water partition coefficient (Wildman–Crippen LogP) is 2.13. The van der Waals surface area contributed by atoms with E-state index < -0.39 is 12.0 Å². The van der Waals surface area contributed by atoms with Crippen molar-refractivity contribution in [3.05, 3.63) is 21.9 Å². The molecule has 1 fully saturated rings. The Morgan fingerprint density at radius 3 is 2.95 bits per heavy atom. The van der Waals surface area contributed by atoms with E-state index in [1.165, 1.54) is 10.4 Å². The lowest BCUT2D eigenvalue weighted by molar-refractivity contribution is -0.144. The van der Waals surface area contributed by atoms with Crippen molar-refractivity contribution in [3.63, 3.8) is 0 Å². The van der Waals surface area contributed by atoms with Crippen LogP contribution < -0.4 is 0 Å². The average Bonchev–Trinajstić information content (AvgIpc) is 3.14. The summed E-state index contributed by atoms with van der Waals surface area (Å²) in [5, 5.41) is 11.3. The first-order chi connectivity index (χ1) is 10.6. The number of likely N-dealkylation sites (tertiary alicyclic amines) is 1. The number of amides is 1. The molecule has 3 heterocycles. The Kier molecular flexibility index (Phi) is 4.49. The second kappa shape index (κ2) is 6.38. The molecular formula is C16H22N2O3S. The maximum atomic E-state index is 12.7. The van der Waals surface area contributed by atoms with Crippen LogP contribution in [0.15, 0.2) is 11.4 Å². The van der Waals surface area contributed by atoms with Gasteiger partial charge in [-0.2, -0.15) is 0 Å². The summed E-state index contributed by atoms with van der Waals surface area (Å²) in [6.07, 6.45) is 3.32. The summed E-state index contributed by atoms with van der Waals surface area (Å²) in [6.45, 7) is 3.79. The van der Waals surface area contributed by atoms with E-state index in [0.29, 0.717) is 13.0 Å². The van der Waals surface area contributed by atoms with Gasteiger partial charge in [0.1, 0.15) is 6.04 Å². The first-order valence-electron chi connectivity index (χ1n) is 7.94. The number of hydrogen-bond acceptors (Lipinski definition) is 4. The summed E-state index contributed by atoms with van der Waals surface area (Å²) >= 11 is 1.77. The Morgan fingerprint density at radius 2 is 2.23 bits per heavy atom. The summed E-state index contributed by atoms with van der Waals surface area (Å²) in [4.78, 5) is 29.1. The van der Waals surface area contributed by atoms with Gasteiger partial charge >= 0.3 is 5.97 Å². The number of carbonyl (C=O) groups excluding carboxylic acids is 1. The van der Waals surface area contributed by atoms with Gasteiger partial charge in [-0.25, -0.2) is 0 Å². The third-order valence-electron chi connectivity index (χ3n) is 4.79. The number of carboxylic acids is 1. The Morgan fingerprint density at radius 1 is 1.41 bits per heavy atom. The largest absolute Gasteiger partial charge is 0.480 e. The van der Waals surface area contributed by atoms with Gasteiger partial charge in [-0.1, -0.05) is 6.92 Å². The van der Waals surface area contributed by atoms with Crippen LogP contribution in [0.1, 0.15) is 42.7 Å². The zero-order valence-corrected chi connectivity index (χ0v) is 13.6. The number of thiophene rings is 1. The standard InChI is InChI=1S/C16H22N2O3S/c1-2-12-11-6-9-22-14(11)5-8-18(12)15(19)10-17-7-3-4-13(17)16(20)21/h6,9,12-13H,2-5,7-8,10H2,1H3,(H,20,21)/t12-,13-/m0/s1. The summed E-state index contributed by atoms with van der Waals surface area (Å²) < 4.78 is 0. The minimum Gasteiger partial charge on any atom is -0.480 e. The molecule has 0 unspecified atom stereocenters. The molecule has 0 saturated carbocycles. The smallest absolute Gasteiger partial charge is 0.320 e. The monoisotopic (exact) mass is 322 g/mol. The minimum absolute atomic E-state index is 0.0665. The van der Waals surface area contributed by atoms with E-state index >= 15 is 0 Å². The number of carboxylic acid groups (broad SMARTS) is 1. The van der Waals surface area contributed by atoms with Gasteiger partial charge in [0, 0.05) is 11.4 Å². The summed E-state index contributed by atoms with van der Waals surface area (Å²) in [5.41, 5.74) is 1.28. The van der Waals surface area contributed by atoms with E-state index in [1.54, 1.807) is 11.3 Å². The van der Waals surface area contributed by atoms with Gasteiger partial charge < -0.3 is 10.0 Å². The lowest BCUT2D eigenvalue weighted by Crippen LogP contribution is -2.47. The van der Waals surface area contributed by atoms with Crippen molar-refractivity contribution in [3.8, 4) is 0 Å². The highest BCUT2D eigenvalue weighted by Gasteiger charge is 2.35. The number of carbonyl (C=O) groups is 2. The lowest BCUT2D eigenvalue weighted by atomic mass is 9.97. The Hall–Kier alpha value is -1.40. The van der Waals surface area contributed by atoms with Crippen LogP contribution in [0.2, 0.25) is 0 Å². The molecule has 2 aliphatic rings. The van der Waals surface area contributed by atoms with Crippen molar-refractivity contribution < 1.29 is 14.7 Å². The fraction of sp³-hybridized carbons (Fsp3) is 0.625. The topological polar surface area (TPSA) is 60.9 Å². The Labute approximate surface area is 134 Å². The molecular weight excluding hydrogens is 300 g/mol. The highest BCUT2D eigenvalue weighted by Crippen LogP contribution is 2.35. The Bertz CT molecular complexity index is 571. The van der Waals surface area contributed by atoms with E-state index in [-0.39, 0.29) is 18.5 Å². The van der Waals surface area contributed by atoms with Crippen LogP contribution in [0, 0.1) is 0 Å². The van der Waals surface area contributed by atoms with Crippen molar-refractivity contribution in [2.75, 3.05) is 19.6 Å². The van der Waals surface area contributed by atoms with Gasteiger partial charge in [-0.05, 0) is 49.2 Å². The van der Waals surface area contributed by atoms with E-state index in [4.69, 9.17) is 0 Å². The fourth-order valence-electron chi connectivity index (χ4n) is 3.69. The summed E-state index contributed by atoms with van der Waals surface area (Å²) in [6, 6.07) is 1.78. The summed E-state index contributed by atoms with van der Waals surface area (Å²) in [5.74, 6) is -0.743. The van der Waals surface area contributed by atoms with Crippen molar-refractivity contribution in [2.24, 2.45) is 0 Å². The highest BCUT2D eigenvalue weighted by molar-refractivity contribution is 7.10. The number of hydrogen-bond donors (Lipinski definition) is 1. The zero-order chi connectivity index (χ0) is 15.7. The molecule has 22 heavy (non-hydrogen) atoms. The van der Waals surface area contributed by atoms with Crippen LogP contribution in [-0.4, -0.2) is 52.5 Å². The van der Waals surface area contributed by atoms with Crippen molar-refractivity contribution in [1.29, 1.82) is 0 Å². The SMILES string of the molecule is CC[C@H]1c2ccsc2CCN1C(=O)CN1CCC[C@H]1C(=O)O. The number of aliphatic carboxylic acids is 1. The molecule has 1 amide bonds. The van der Waals surface area contributed by atoms with Crippen LogP contribution >= 0.6 is 11.3 Å². The van der Waals surface area contributed by atoms with Gasteiger partial charge in [-0.15, -0.1) is 11.3 Å². The normalized spacial score (nSPS) is 25.2. The van der Waals surface area contributed by atoms with Gasteiger partial charge in [0.15, 0.2) is 0 Å². The minimum atomic E-state index is -0.809. The average molecular weight is 322 g/mol. The molecule has 1 aromatic rings. The molecule has 0 spiro atoms. The van der Waals surface area contributed by atoms with Crippen molar-refractivity contribution >= 4 is 23.2 Å². The summed E-state index contributed by atoms with van der Waals surface area (Å²) in [7, 11) is 0. The zero-order valence-electron chi connectivity index (χ0n) is 12.8. The van der Waals surface area contributed by atoms with Gasteiger partial charge in [0.25, 0.3) is 0 Å². The van der Waals surface area contributed by atoms with Gasteiger partial charge in [-0.3, -0.25) is 14.5 Å². The first kappa shape index (κ1) is 15.5. The molecule has 2 atom stereocenters. The van der Waals surface area contributed by atoms with Crippen LogP contribution in [0.5, 0.6) is 0 Å². The molecule has 6 heteroatoms. The van der Waals surface area contributed by atoms with Gasteiger partial charge in [0.05, 0.1) is 12.6 Å². The van der Waals surface area contributed by atoms with Crippen LogP contribution in [0.25, 0.3) is 0 Å². The fourth-order valence-corrected chi connectivity index (χ4v) is 4.62. The van der Waals surface area contributed by atoms with E-state index in [9.17, 15) is 14.7 Å². The third kappa shape index (κ3) is 2.77. The molecule has 120 valence electrons. The first-order valence-corrected chi connectivity index (χ1v) is 8.82. The second-order valence-corrected chi connectivity index (χ2v) is 7.03. The molecule has 0 aromatic carbocycles. The van der Waals surface area contributed by atoms with Crippen LogP contribution in [0.4, 0.5) is 0 Å². The van der Waals surface area contributed by atoms with Crippen LogP contribution in [0.3, 0.4) is 0 Å². The molecule has 1 aromatic heterocycles. The molecule has 1 N–H and O–H groups in total. The van der Waals surface area contributed by atoms with Crippen molar-refractivity contribution in [1.82, 2.24) is 9.80 Å². The molecule has 1 saturated heterocycles. The maximum Gasteiger partial charge on any atom is 0.320 e. The van der Waals surface area contributed by atoms with E-state index in [1.807, 2.05) is 9.80 Å². The number of fused-ring (bicyclic) bond motifs is 1. The second-order valence-electron chi connectivity index (χ2n) is 6.03. The Balaban J connectivity index is 1.71. The molecule has 5 nitrogen and oxygen atoms in total. The molecule has 3 rings (SSSR count). The molecule has 0 radical (unpaired) electrons. The predicted molar refractivity (Wildman–Crippen MR) is 85.0 cm³/mol. The maximum absolute atomic E-state index is 12.7. The van der Waals surface area contributed by atoms with Gasteiger partial charge in [0.2, 0.25) is 5.91 Å². The third-order valence-corrected chi connectivity index (χ3v) is 5.79.